The van der Waals surface area contributed by atoms with Crippen LogP contribution >= 0.6 is 0 Å². The van der Waals surface area contributed by atoms with E-state index in [9.17, 15) is 4.39 Å². The van der Waals surface area contributed by atoms with Crippen molar-refractivity contribution in [3.05, 3.63) is 66.6 Å². The number of halogens is 1. The Morgan fingerprint density at radius 3 is 2.55 bits per heavy atom. The second-order valence-corrected chi connectivity index (χ2v) is 8.23. The van der Waals surface area contributed by atoms with Gasteiger partial charge < -0.3 is 14.7 Å². The van der Waals surface area contributed by atoms with Gasteiger partial charge in [-0.3, -0.25) is 0 Å². The van der Waals surface area contributed by atoms with Crippen LogP contribution in [0.2, 0.25) is 0 Å². The summed E-state index contributed by atoms with van der Waals surface area (Å²) in [4.78, 5) is 11.4. The fourth-order valence-electron chi connectivity index (χ4n) is 3.49. The molecule has 0 unspecified atom stereocenters. The van der Waals surface area contributed by atoms with Crippen LogP contribution in [-0.2, 0) is 5.67 Å². The monoisotopic (exact) mass is 394 g/mol. The lowest BCUT2D eigenvalue weighted by Gasteiger charge is -2.32. The molecule has 1 aromatic carbocycles. The van der Waals surface area contributed by atoms with Gasteiger partial charge in [-0.05, 0) is 51.0 Å². The Morgan fingerprint density at radius 2 is 1.90 bits per heavy atom. The van der Waals surface area contributed by atoms with Gasteiger partial charge in [0, 0.05) is 38.4 Å². The van der Waals surface area contributed by atoms with Crippen LogP contribution < -0.4 is 9.80 Å². The third kappa shape index (κ3) is 4.29. The summed E-state index contributed by atoms with van der Waals surface area (Å²) >= 11 is 0. The van der Waals surface area contributed by atoms with Gasteiger partial charge in [-0.15, -0.1) is 0 Å². The molecule has 29 heavy (non-hydrogen) atoms. The maximum absolute atomic E-state index is 14.5. The number of rotatable bonds is 5. The van der Waals surface area contributed by atoms with Gasteiger partial charge in [0.25, 0.3) is 0 Å². The maximum Gasteiger partial charge on any atom is 0.158 e. The minimum atomic E-state index is -1.40. The Labute approximate surface area is 174 Å². The van der Waals surface area contributed by atoms with Gasteiger partial charge in [-0.1, -0.05) is 31.4 Å². The average molecular weight is 395 g/mol. The molecule has 2 heterocycles. The number of aromatic nitrogens is 1. The van der Waals surface area contributed by atoms with Gasteiger partial charge in [-0.25, -0.2) is 9.37 Å². The zero-order valence-corrected chi connectivity index (χ0v) is 18.2. The van der Waals surface area contributed by atoms with E-state index in [4.69, 9.17) is 4.98 Å². The number of fused-ring (bicyclic) bond motifs is 1. The standard InChI is InChI=1S/C24H31FN4/c1-17(2)28(7)18(3)29-15-9-14-27(6)22-13-12-21(26-23(22)29)19-10-8-11-20(16-19)24(4,5)25/h8,10-13,16H,1,3,9,14-15H2,2,4-7H3. The zero-order chi connectivity index (χ0) is 21.3. The predicted octanol–water partition coefficient (Wildman–Crippen LogP) is 5.54. The molecule has 1 aliphatic heterocycles. The number of nitrogens with zero attached hydrogens (tertiary/aromatic N) is 4. The van der Waals surface area contributed by atoms with Crippen LogP contribution in [0.1, 0.15) is 32.8 Å². The van der Waals surface area contributed by atoms with Crippen molar-refractivity contribution in [1.29, 1.82) is 0 Å². The molecule has 3 rings (SSSR count). The summed E-state index contributed by atoms with van der Waals surface area (Å²) in [5, 5.41) is 0. The van der Waals surface area contributed by atoms with Crippen molar-refractivity contribution in [1.82, 2.24) is 9.88 Å². The Bertz CT molecular complexity index is 929. The van der Waals surface area contributed by atoms with Gasteiger partial charge in [0.05, 0.1) is 11.4 Å². The van der Waals surface area contributed by atoms with Crippen molar-refractivity contribution in [2.45, 2.75) is 32.9 Å². The summed E-state index contributed by atoms with van der Waals surface area (Å²) in [6.45, 7) is 15.2. The Balaban J connectivity index is 2.09. The summed E-state index contributed by atoms with van der Waals surface area (Å²) in [7, 11) is 4.05. The number of anilines is 2. The number of pyridine rings is 1. The highest BCUT2D eigenvalue weighted by Crippen LogP contribution is 2.36. The minimum Gasteiger partial charge on any atom is -0.372 e. The number of hydrogen-bond acceptors (Lipinski definition) is 4. The van der Waals surface area contributed by atoms with E-state index in [0.29, 0.717) is 5.56 Å². The van der Waals surface area contributed by atoms with Crippen molar-refractivity contribution in [2.75, 3.05) is 37.0 Å². The lowest BCUT2D eigenvalue weighted by Crippen LogP contribution is -2.32. The second-order valence-electron chi connectivity index (χ2n) is 8.23. The van der Waals surface area contributed by atoms with Crippen molar-refractivity contribution in [3.8, 4) is 11.3 Å². The molecular formula is C24H31FN4. The third-order valence-corrected chi connectivity index (χ3v) is 5.51. The van der Waals surface area contributed by atoms with Gasteiger partial charge in [0.15, 0.2) is 5.82 Å². The second kappa shape index (κ2) is 7.90. The smallest absolute Gasteiger partial charge is 0.158 e. The molecule has 154 valence electrons. The van der Waals surface area contributed by atoms with Crippen molar-refractivity contribution < 1.29 is 4.39 Å². The molecule has 0 atom stereocenters. The van der Waals surface area contributed by atoms with E-state index in [1.54, 1.807) is 13.8 Å². The summed E-state index contributed by atoms with van der Waals surface area (Å²) in [6, 6.07) is 11.7. The van der Waals surface area contributed by atoms with Crippen molar-refractivity contribution in [2.24, 2.45) is 0 Å². The Kier molecular flexibility index (Phi) is 5.69. The first kappa shape index (κ1) is 20.9. The first-order chi connectivity index (χ1) is 13.6. The van der Waals surface area contributed by atoms with E-state index < -0.39 is 5.67 Å². The largest absolute Gasteiger partial charge is 0.372 e. The number of hydrogen-bond donors (Lipinski definition) is 0. The molecule has 2 aromatic rings. The molecule has 0 radical (unpaired) electrons. The molecule has 0 spiro atoms. The molecule has 0 bridgehead atoms. The molecule has 5 heteroatoms. The van der Waals surface area contributed by atoms with Crippen LogP contribution in [0.3, 0.4) is 0 Å². The first-order valence-corrected chi connectivity index (χ1v) is 9.97. The van der Waals surface area contributed by atoms with Crippen LogP contribution in [0.4, 0.5) is 15.9 Å². The number of alkyl halides is 1. The van der Waals surface area contributed by atoms with Gasteiger partial charge >= 0.3 is 0 Å². The lowest BCUT2D eigenvalue weighted by molar-refractivity contribution is 0.221. The van der Waals surface area contributed by atoms with Gasteiger partial charge in [0.2, 0.25) is 0 Å². The van der Waals surface area contributed by atoms with E-state index in [1.807, 2.05) is 49.2 Å². The van der Waals surface area contributed by atoms with Crippen LogP contribution in [0, 0.1) is 0 Å². The van der Waals surface area contributed by atoms with Gasteiger partial charge in [-0.2, -0.15) is 0 Å². The number of benzene rings is 1. The first-order valence-electron chi connectivity index (χ1n) is 9.97. The molecule has 1 aliphatic rings. The predicted molar refractivity (Wildman–Crippen MR) is 121 cm³/mol. The van der Waals surface area contributed by atoms with Crippen LogP contribution in [0.5, 0.6) is 0 Å². The zero-order valence-electron chi connectivity index (χ0n) is 18.2. The van der Waals surface area contributed by atoms with Crippen LogP contribution in [-0.4, -0.2) is 37.1 Å². The molecular weight excluding hydrogens is 363 g/mol. The van der Waals surface area contributed by atoms with E-state index in [1.165, 1.54) is 0 Å². The average Bonchev–Trinajstić information content (AvgIpc) is 2.84. The molecule has 0 amide bonds. The van der Waals surface area contributed by atoms with E-state index in [0.717, 1.165) is 53.8 Å². The summed E-state index contributed by atoms with van der Waals surface area (Å²) < 4.78 is 14.5. The molecule has 0 saturated heterocycles. The fraction of sp³-hybridized carbons (Fsp3) is 0.375. The highest BCUT2D eigenvalue weighted by Gasteiger charge is 2.25. The Hall–Kier alpha value is -2.82. The highest BCUT2D eigenvalue weighted by molar-refractivity contribution is 5.74. The molecule has 0 fully saturated rings. The maximum atomic E-state index is 14.5. The lowest BCUT2D eigenvalue weighted by atomic mass is 9.97. The third-order valence-electron chi connectivity index (χ3n) is 5.51. The molecule has 0 N–H and O–H groups in total. The summed E-state index contributed by atoms with van der Waals surface area (Å²) in [5.41, 5.74) is 2.95. The molecule has 0 saturated carbocycles. The Morgan fingerprint density at radius 1 is 1.17 bits per heavy atom. The number of allylic oxidation sites excluding steroid dienone is 1. The molecule has 0 aliphatic carbocycles. The summed E-state index contributed by atoms with van der Waals surface area (Å²) in [5.74, 6) is 1.71. The minimum absolute atomic E-state index is 0.646. The van der Waals surface area contributed by atoms with E-state index >= 15 is 0 Å². The van der Waals surface area contributed by atoms with E-state index in [2.05, 4.69) is 36.1 Å². The van der Waals surface area contributed by atoms with Crippen LogP contribution in [0.25, 0.3) is 11.3 Å². The summed E-state index contributed by atoms with van der Waals surface area (Å²) in [6.07, 6.45) is 0.997. The molecule has 1 aromatic heterocycles. The van der Waals surface area contributed by atoms with Gasteiger partial charge in [0.1, 0.15) is 11.5 Å². The van der Waals surface area contributed by atoms with Crippen molar-refractivity contribution >= 4 is 11.5 Å². The van der Waals surface area contributed by atoms with E-state index in [-0.39, 0.29) is 0 Å². The molecule has 4 nitrogen and oxygen atoms in total. The van der Waals surface area contributed by atoms with Crippen molar-refractivity contribution in [3.63, 3.8) is 0 Å². The topological polar surface area (TPSA) is 22.6 Å². The normalized spacial score (nSPS) is 14.3. The SMILES string of the molecule is C=C(C)N(C)C(=C)N1CCCN(C)c2ccc(-c3cccc(C(C)(C)F)c3)nc21. The highest BCUT2D eigenvalue weighted by atomic mass is 19.1. The van der Waals surface area contributed by atoms with Crippen LogP contribution in [0.15, 0.2) is 61.1 Å². The quantitative estimate of drug-likeness (QED) is 0.664. The fourth-order valence-corrected chi connectivity index (χ4v) is 3.49.